The second kappa shape index (κ2) is 6.41. The van der Waals surface area contributed by atoms with Crippen molar-refractivity contribution in [2.24, 2.45) is 0 Å². The van der Waals surface area contributed by atoms with Crippen LogP contribution in [0.5, 0.6) is 0 Å². The quantitative estimate of drug-likeness (QED) is 0.345. The van der Waals surface area contributed by atoms with E-state index < -0.39 is 5.12 Å². The number of hydrogen-bond acceptors (Lipinski definition) is 4. The molecule has 18 heavy (non-hydrogen) atoms. The van der Waals surface area contributed by atoms with E-state index in [0.717, 1.165) is 15.2 Å². The molecule has 1 aromatic heterocycles. The number of nitrogens with zero attached hydrogens (tertiary/aromatic N) is 1. The average Bonchev–Trinajstić information content (AvgIpc) is 2.31. The maximum Gasteiger partial charge on any atom is 0.219 e. The minimum Gasteiger partial charge on any atom is -0.619 e. The van der Waals surface area contributed by atoms with Gasteiger partial charge in [0.1, 0.15) is 0 Å². The first kappa shape index (κ1) is 15.3. The molecule has 0 fully saturated rings. The largest absolute Gasteiger partial charge is 0.619 e. The van der Waals surface area contributed by atoms with Gasteiger partial charge in [-0.2, -0.15) is 4.73 Å². The zero-order valence-electron chi connectivity index (χ0n) is 11.6. The molecule has 5 heteroatoms. The van der Waals surface area contributed by atoms with E-state index in [1.807, 2.05) is 34.6 Å². The van der Waals surface area contributed by atoms with Crippen molar-refractivity contribution in [1.29, 1.82) is 0 Å². The van der Waals surface area contributed by atoms with Crippen LogP contribution in [0, 0.1) is 19.1 Å². The molecule has 4 nitrogen and oxygen atoms in total. The number of aromatic nitrogens is 1. The number of pyridine rings is 1. The summed E-state index contributed by atoms with van der Waals surface area (Å²) in [5.41, 5.74) is 1.67. The van der Waals surface area contributed by atoms with E-state index >= 15 is 0 Å². The van der Waals surface area contributed by atoms with Crippen LogP contribution >= 0.6 is 11.8 Å². The van der Waals surface area contributed by atoms with E-state index in [4.69, 9.17) is 9.47 Å². The van der Waals surface area contributed by atoms with Crippen LogP contribution in [0.3, 0.4) is 0 Å². The molecular weight excluding hydrogens is 250 g/mol. The second-order valence-corrected chi connectivity index (χ2v) is 5.43. The molecule has 0 unspecified atom stereocenters. The summed E-state index contributed by atoms with van der Waals surface area (Å²) in [6.45, 7) is 10.7. The molecule has 0 N–H and O–H groups in total. The van der Waals surface area contributed by atoms with Crippen LogP contribution in [0.1, 0.15) is 32.0 Å². The zero-order valence-corrected chi connectivity index (χ0v) is 12.5. The Morgan fingerprint density at radius 2 is 1.83 bits per heavy atom. The maximum absolute atomic E-state index is 11.5. The highest BCUT2D eigenvalue weighted by molar-refractivity contribution is 8.00. The number of rotatable bonds is 6. The molecule has 102 valence electrons. The lowest BCUT2D eigenvalue weighted by molar-refractivity contribution is -0.613. The summed E-state index contributed by atoms with van der Waals surface area (Å²) in [6, 6.07) is 1.80. The Morgan fingerprint density at radius 1 is 1.28 bits per heavy atom. The van der Waals surface area contributed by atoms with Gasteiger partial charge in [-0.15, -0.1) is 0 Å². The monoisotopic (exact) mass is 271 g/mol. The van der Waals surface area contributed by atoms with Crippen LogP contribution in [-0.2, 0) is 9.47 Å². The predicted octanol–water partition coefficient (Wildman–Crippen LogP) is 2.78. The molecule has 0 saturated carbocycles. The van der Waals surface area contributed by atoms with Gasteiger partial charge < -0.3 is 14.7 Å². The van der Waals surface area contributed by atoms with Gasteiger partial charge in [-0.05, 0) is 20.8 Å². The molecule has 0 saturated heterocycles. The lowest BCUT2D eigenvalue weighted by atomic mass is 10.2. The Morgan fingerprint density at radius 3 is 2.33 bits per heavy atom. The Kier molecular flexibility index (Phi) is 5.44. The summed E-state index contributed by atoms with van der Waals surface area (Å²) in [4.78, 5) is 1.00. The third kappa shape index (κ3) is 3.60. The molecule has 1 rings (SSSR count). The summed E-state index contributed by atoms with van der Waals surface area (Å²) in [5, 5.41) is 10.7. The fourth-order valence-corrected chi connectivity index (χ4v) is 2.83. The van der Waals surface area contributed by atoms with E-state index in [0.29, 0.717) is 18.9 Å². The number of thioether (sulfide) groups is 1. The topological polar surface area (TPSA) is 45.4 Å². The SMILES string of the molecule is CCOC(C)(OCC)Sc1cc[n+]([O-])c(C)c1C. The second-order valence-electron chi connectivity index (χ2n) is 4.05. The summed E-state index contributed by atoms with van der Waals surface area (Å²) in [7, 11) is 0. The minimum atomic E-state index is -0.713. The van der Waals surface area contributed by atoms with Crippen molar-refractivity contribution in [2.75, 3.05) is 13.2 Å². The van der Waals surface area contributed by atoms with Crippen molar-refractivity contribution in [3.05, 3.63) is 28.7 Å². The standard InChI is InChI=1S/C13H21NO3S/c1-6-16-13(5,17-7-2)18-12-8-9-14(15)11(4)10(12)3/h8-9H,6-7H2,1-5H3. The smallest absolute Gasteiger partial charge is 0.219 e. The summed E-state index contributed by atoms with van der Waals surface area (Å²) < 4.78 is 12.2. The Balaban J connectivity index is 2.97. The van der Waals surface area contributed by atoms with Gasteiger partial charge >= 0.3 is 0 Å². The molecule has 0 aliphatic heterocycles. The predicted molar refractivity (Wildman–Crippen MR) is 72.4 cm³/mol. The molecule has 0 bridgehead atoms. The van der Waals surface area contributed by atoms with Crippen molar-refractivity contribution in [3.63, 3.8) is 0 Å². The lowest BCUT2D eigenvalue weighted by Crippen LogP contribution is -2.32. The fraction of sp³-hybridized carbons (Fsp3) is 0.615. The molecule has 1 heterocycles. The first-order valence-electron chi connectivity index (χ1n) is 6.09. The Labute approximate surface area is 113 Å². The van der Waals surface area contributed by atoms with Crippen LogP contribution < -0.4 is 4.73 Å². The van der Waals surface area contributed by atoms with Crippen LogP contribution in [0.4, 0.5) is 0 Å². The first-order chi connectivity index (χ1) is 8.43. The van der Waals surface area contributed by atoms with Crippen molar-refractivity contribution in [2.45, 2.75) is 44.6 Å². The highest BCUT2D eigenvalue weighted by Crippen LogP contribution is 2.36. The third-order valence-corrected chi connectivity index (χ3v) is 3.98. The highest BCUT2D eigenvalue weighted by Gasteiger charge is 2.28. The van der Waals surface area contributed by atoms with Gasteiger partial charge in [-0.3, -0.25) is 0 Å². The summed E-state index contributed by atoms with van der Waals surface area (Å²) >= 11 is 1.49. The van der Waals surface area contributed by atoms with Gasteiger partial charge in [-0.25, -0.2) is 0 Å². The van der Waals surface area contributed by atoms with Crippen LogP contribution in [0.2, 0.25) is 0 Å². The fourth-order valence-electron chi connectivity index (χ4n) is 1.65. The number of ether oxygens (including phenoxy) is 2. The average molecular weight is 271 g/mol. The summed E-state index contributed by atoms with van der Waals surface area (Å²) in [6.07, 6.45) is 1.52. The van der Waals surface area contributed by atoms with Gasteiger partial charge in [0.2, 0.25) is 5.12 Å². The van der Waals surface area contributed by atoms with E-state index in [2.05, 4.69) is 0 Å². The highest BCUT2D eigenvalue weighted by atomic mass is 32.2. The van der Waals surface area contributed by atoms with Gasteiger partial charge in [0.25, 0.3) is 0 Å². The Bertz CT molecular complexity index is 403. The molecule has 0 aliphatic carbocycles. The molecule has 0 spiro atoms. The molecule has 0 radical (unpaired) electrons. The lowest BCUT2D eigenvalue weighted by Gasteiger charge is -2.28. The summed E-state index contributed by atoms with van der Waals surface area (Å²) in [5.74, 6) is 0. The zero-order chi connectivity index (χ0) is 13.8. The van der Waals surface area contributed by atoms with Gasteiger partial charge in [0, 0.05) is 43.6 Å². The van der Waals surface area contributed by atoms with Gasteiger partial charge in [-0.1, -0.05) is 11.8 Å². The van der Waals surface area contributed by atoms with Crippen LogP contribution in [-0.4, -0.2) is 18.3 Å². The third-order valence-electron chi connectivity index (χ3n) is 2.71. The van der Waals surface area contributed by atoms with Crippen molar-refractivity contribution >= 4 is 11.8 Å². The van der Waals surface area contributed by atoms with E-state index in [9.17, 15) is 5.21 Å². The molecule has 1 aromatic rings. The molecular formula is C13H21NO3S. The molecule has 0 aliphatic rings. The minimum absolute atomic E-state index is 0.579. The molecule has 0 aromatic carbocycles. The molecule has 0 atom stereocenters. The van der Waals surface area contributed by atoms with Gasteiger partial charge in [0.05, 0.1) is 0 Å². The van der Waals surface area contributed by atoms with E-state index in [1.165, 1.54) is 18.0 Å². The number of hydrogen-bond donors (Lipinski definition) is 0. The van der Waals surface area contributed by atoms with Crippen molar-refractivity contribution in [3.8, 4) is 0 Å². The van der Waals surface area contributed by atoms with Crippen LogP contribution in [0.15, 0.2) is 17.2 Å². The van der Waals surface area contributed by atoms with Crippen molar-refractivity contribution < 1.29 is 14.2 Å². The first-order valence-corrected chi connectivity index (χ1v) is 6.91. The maximum atomic E-state index is 11.5. The normalized spacial score (nSPS) is 11.8. The van der Waals surface area contributed by atoms with E-state index in [1.54, 1.807) is 6.07 Å². The Hall–Kier alpha value is -0.780. The molecule has 0 amide bonds. The van der Waals surface area contributed by atoms with E-state index in [-0.39, 0.29) is 0 Å². The van der Waals surface area contributed by atoms with Crippen molar-refractivity contribution in [1.82, 2.24) is 0 Å². The van der Waals surface area contributed by atoms with Gasteiger partial charge in [0.15, 0.2) is 11.9 Å². The van der Waals surface area contributed by atoms with Crippen LogP contribution in [0.25, 0.3) is 0 Å².